The van der Waals surface area contributed by atoms with Crippen LogP contribution in [0.5, 0.6) is 0 Å². The first-order valence-electron chi connectivity index (χ1n) is 37.4. The second kappa shape index (κ2) is 66.2. The van der Waals surface area contributed by atoms with E-state index in [2.05, 4.69) is 26.0 Å². The van der Waals surface area contributed by atoms with Gasteiger partial charge in [0.2, 0.25) is 0 Å². The molecule has 0 aromatic carbocycles. The van der Waals surface area contributed by atoms with E-state index < -0.39 is 26.5 Å². The summed E-state index contributed by atoms with van der Waals surface area (Å²) in [5, 5.41) is 0. The van der Waals surface area contributed by atoms with Crippen LogP contribution >= 0.6 is 7.82 Å². The van der Waals surface area contributed by atoms with Crippen molar-refractivity contribution in [3.8, 4) is 0 Å². The number of carbonyl (C=O) groups excluding carboxylic acids is 2. The maximum Gasteiger partial charge on any atom is 0.306 e. The van der Waals surface area contributed by atoms with Gasteiger partial charge in [0.25, 0.3) is 7.82 Å². The van der Waals surface area contributed by atoms with Crippen LogP contribution in [0.1, 0.15) is 399 Å². The lowest BCUT2D eigenvalue weighted by molar-refractivity contribution is -0.870. The fourth-order valence-electron chi connectivity index (χ4n) is 11.5. The summed E-state index contributed by atoms with van der Waals surface area (Å²) in [5.74, 6) is -0.804. The van der Waals surface area contributed by atoms with Gasteiger partial charge in [-0.15, -0.1) is 0 Å². The van der Waals surface area contributed by atoms with Gasteiger partial charge in [0, 0.05) is 12.8 Å². The molecule has 0 saturated heterocycles. The van der Waals surface area contributed by atoms with Crippen LogP contribution in [0.3, 0.4) is 0 Å². The number of nitrogens with zero attached hydrogens (tertiary/aromatic N) is 1. The third-order valence-corrected chi connectivity index (χ3v) is 18.2. The molecule has 9 nitrogen and oxygen atoms in total. The average molecular weight is 1210 g/mol. The first-order valence-corrected chi connectivity index (χ1v) is 38.9. The Morgan fingerprint density at radius 1 is 0.357 bits per heavy atom. The summed E-state index contributed by atoms with van der Waals surface area (Å²) in [5.41, 5.74) is 0. The minimum atomic E-state index is -4.64. The molecular formula is C74H146NO8P. The summed E-state index contributed by atoms with van der Waals surface area (Å²) in [7, 11) is 1.20. The number of likely N-dealkylation sites (N-methyl/N-ethyl adjacent to an activating group) is 1. The van der Waals surface area contributed by atoms with E-state index in [4.69, 9.17) is 18.5 Å². The van der Waals surface area contributed by atoms with Crippen molar-refractivity contribution < 1.29 is 42.1 Å². The van der Waals surface area contributed by atoms with Gasteiger partial charge in [0.1, 0.15) is 19.8 Å². The minimum Gasteiger partial charge on any atom is -0.756 e. The van der Waals surface area contributed by atoms with E-state index in [0.29, 0.717) is 17.4 Å². The quantitative estimate of drug-likeness (QED) is 0.0195. The molecular weight excluding hydrogens is 1060 g/mol. The van der Waals surface area contributed by atoms with E-state index in [1.54, 1.807) is 0 Å². The van der Waals surface area contributed by atoms with E-state index in [1.165, 1.54) is 334 Å². The van der Waals surface area contributed by atoms with Gasteiger partial charge in [-0.3, -0.25) is 14.2 Å². The van der Waals surface area contributed by atoms with Crippen LogP contribution in [0.15, 0.2) is 12.2 Å². The molecule has 0 amide bonds. The Balaban J connectivity index is 3.90. The fraction of sp³-hybridized carbons (Fsp3) is 0.946. The van der Waals surface area contributed by atoms with Gasteiger partial charge in [-0.1, -0.05) is 360 Å². The van der Waals surface area contributed by atoms with E-state index in [0.717, 1.165) is 32.1 Å². The van der Waals surface area contributed by atoms with Gasteiger partial charge in [-0.25, -0.2) is 0 Å². The molecule has 0 aliphatic heterocycles. The number of esters is 2. The van der Waals surface area contributed by atoms with Crippen molar-refractivity contribution >= 4 is 19.8 Å². The molecule has 0 heterocycles. The third-order valence-electron chi connectivity index (χ3n) is 17.3. The standard InChI is InChI=1S/C74H146NO8P/c1-6-8-10-12-14-16-18-20-22-24-26-28-30-31-32-33-34-35-36-37-38-39-40-41-42-43-45-47-49-51-53-55-57-59-61-63-65-67-74(77)83-72(71-82-84(78,79)81-69-68-75(3,4)5)70-80-73(76)66-64-62-60-58-56-54-52-50-48-46-44-29-27-25-23-21-19-17-15-13-11-9-7-2/h24,26,72H,6-23,25,27-71H2,1-5H3/b26-24-. The Kier molecular flexibility index (Phi) is 65.2. The van der Waals surface area contributed by atoms with E-state index in [9.17, 15) is 19.0 Å². The number of phosphoric acid groups is 1. The van der Waals surface area contributed by atoms with Gasteiger partial charge in [-0.2, -0.15) is 0 Å². The summed E-state index contributed by atoms with van der Waals surface area (Å²) in [4.78, 5) is 38.1. The topological polar surface area (TPSA) is 111 Å². The molecule has 0 aromatic heterocycles. The van der Waals surface area contributed by atoms with Gasteiger partial charge in [-0.05, 0) is 38.5 Å². The zero-order valence-electron chi connectivity index (χ0n) is 57.1. The smallest absolute Gasteiger partial charge is 0.306 e. The number of rotatable bonds is 71. The molecule has 0 rings (SSSR count). The average Bonchev–Trinajstić information content (AvgIpc) is 3.61. The largest absolute Gasteiger partial charge is 0.756 e. The SMILES string of the molecule is CCCCCCCCCC/C=C\CCCCCCCCCCCCCCCCCCCCCCCCCCCC(=O)OC(COC(=O)CCCCCCCCCCCCCCCCCCCCCCCCC)COP(=O)([O-])OCC[N+](C)(C)C. The molecule has 0 saturated carbocycles. The molecule has 84 heavy (non-hydrogen) atoms. The number of hydrogen-bond donors (Lipinski definition) is 0. The number of hydrogen-bond acceptors (Lipinski definition) is 8. The van der Waals surface area contributed by atoms with Gasteiger partial charge >= 0.3 is 11.9 Å². The molecule has 0 spiro atoms. The van der Waals surface area contributed by atoms with Crippen LogP contribution in [0.2, 0.25) is 0 Å². The summed E-state index contributed by atoms with van der Waals surface area (Å²) in [6.07, 6.45) is 81.8. The highest BCUT2D eigenvalue weighted by Crippen LogP contribution is 2.38. The molecule has 0 radical (unpaired) electrons. The molecule has 0 N–H and O–H groups in total. The molecule has 10 heteroatoms. The number of carbonyl (C=O) groups is 2. The molecule has 0 aliphatic carbocycles. The monoisotopic (exact) mass is 1210 g/mol. The van der Waals surface area contributed by atoms with Crippen molar-refractivity contribution in [2.24, 2.45) is 0 Å². The van der Waals surface area contributed by atoms with Crippen LogP contribution in [0.25, 0.3) is 0 Å². The molecule has 2 unspecified atom stereocenters. The predicted octanol–water partition coefficient (Wildman–Crippen LogP) is 23.7. The van der Waals surface area contributed by atoms with Crippen molar-refractivity contribution in [1.29, 1.82) is 0 Å². The zero-order chi connectivity index (χ0) is 61.2. The maximum absolute atomic E-state index is 12.9. The normalized spacial score (nSPS) is 13.1. The number of phosphoric ester groups is 1. The zero-order valence-corrected chi connectivity index (χ0v) is 58.0. The molecule has 0 aromatic rings. The van der Waals surface area contributed by atoms with Crippen molar-refractivity contribution in [3.05, 3.63) is 12.2 Å². The lowest BCUT2D eigenvalue weighted by Gasteiger charge is -2.28. The summed E-state index contributed by atoms with van der Waals surface area (Å²) < 4.78 is 34.4. The summed E-state index contributed by atoms with van der Waals surface area (Å²) >= 11 is 0. The fourth-order valence-corrected chi connectivity index (χ4v) is 12.3. The molecule has 0 aliphatic rings. The van der Waals surface area contributed by atoms with E-state index >= 15 is 0 Å². The highest BCUT2D eigenvalue weighted by Gasteiger charge is 2.22. The van der Waals surface area contributed by atoms with Crippen molar-refractivity contribution in [2.75, 3.05) is 47.5 Å². The minimum absolute atomic E-state index is 0.0255. The number of unbranched alkanes of at least 4 members (excludes halogenated alkanes) is 55. The van der Waals surface area contributed by atoms with Crippen LogP contribution in [0, 0.1) is 0 Å². The van der Waals surface area contributed by atoms with Gasteiger partial charge in [0.05, 0.1) is 27.7 Å². The Morgan fingerprint density at radius 3 is 0.881 bits per heavy atom. The van der Waals surface area contributed by atoms with Crippen molar-refractivity contribution in [3.63, 3.8) is 0 Å². The first kappa shape index (κ1) is 82.8. The number of allylic oxidation sites excluding steroid dienone is 2. The molecule has 500 valence electrons. The van der Waals surface area contributed by atoms with Crippen LogP contribution in [-0.4, -0.2) is 70.0 Å². The Hall–Kier alpha value is -1.25. The van der Waals surface area contributed by atoms with Crippen LogP contribution in [0.4, 0.5) is 0 Å². The summed E-state index contributed by atoms with van der Waals surface area (Å²) in [6.45, 7) is 4.33. The maximum atomic E-state index is 12.9. The van der Waals surface area contributed by atoms with E-state index in [-0.39, 0.29) is 32.0 Å². The lowest BCUT2D eigenvalue weighted by Crippen LogP contribution is -2.37. The third kappa shape index (κ3) is 69.8. The highest BCUT2D eigenvalue weighted by atomic mass is 31.2. The Labute approximate surface area is 524 Å². The van der Waals surface area contributed by atoms with Crippen molar-refractivity contribution in [1.82, 2.24) is 0 Å². The summed E-state index contributed by atoms with van der Waals surface area (Å²) in [6, 6.07) is 0. The number of ether oxygens (including phenoxy) is 2. The predicted molar refractivity (Wildman–Crippen MR) is 361 cm³/mol. The molecule has 0 bridgehead atoms. The Morgan fingerprint density at radius 2 is 0.607 bits per heavy atom. The van der Waals surface area contributed by atoms with Gasteiger partial charge in [0.15, 0.2) is 6.10 Å². The van der Waals surface area contributed by atoms with Gasteiger partial charge < -0.3 is 27.9 Å². The first-order chi connectivity index (χ1) is 41.0. The Bertz CT molecular complexity index is 1420. The second-order valence-corrected chi connectivity index (χ2v) is 28.4. The highest BCUT2D eigenvalue weighted by molar-refractivity contribution is 7.45. The molecule has 2 atom stereocenters. The van der Waals surface area contributed by atoms with Crippen molar-refractivity contribution in [2.45, 2.75) is 405 Å². The second-order valence-electron chi connectivity index (χ2n) is 27.0. The molecule has 0 fully saturated rings. The van der Waals surface area contributed by atoms with E-state index in [1.807, 2.05) is 21.1 Å². The lowest BCUT2D eigenvalue weighted by atomic mass is 10.0. The van der Waals surface area contributed by atoms with Crippen LogP contribution in [-0.2, 0) is 32.7 Å². The van der Waals surface area contributed by atoms with Crippen LogP contribution < -0.4 is 4.89 Å². The number of quaternary nitrogens is 1.